The number of hydrogen-bond acceptors (Lipinski definition) is 5. The van der Waals surface area contributed by atoms with E-state index in [1.54, 1.807) is 6.92 Å². The summed E-state index contributed by atoms with van der Waals surface area (Å²) in [7, 11) is 0. The zero-order valence-electron chi connectivity index (χ0n) is 11.6. The highest BCUT2D eigenvalue weighted by Gasteiger charge is 2.25. The van der Waals surface area contributed by atoms with Crippen LogP contribution in [0.25, 0.3) is 0 Å². The molecule has 1 saturated carbocycles. The first-order chi connectivity index (χ1) is 9.02. The molecule has 110 valence electrons. The highest BCUT2D eigenvalue weighted by atomic mass is 16.7. The fourth-order valence-electron chi connectivity index (χ4n) is 2.05. The SMILES string of the molecule is CCC(O)NC(=O)OC(C)OC(=O)C1CCCCC1. The van der Waals surface area contributed by atoms with Crippen LogP contribution in [0, 0.1) is 5.92 Å². The van der Waals surface area contributed by atoms with Gasteiger partial charge in [-0.05, 0) is 19.3 Å². The molecule has 0 saturated heterocycles. The van der Waals surface area contributed by atoms with E-state index in [1.165, 1.54) is 6.92 Å². The number of aliphatic hydroxyl groups is 1. The van der Waals surface area contributed by atoms with E-state index in [0.29, 0.717) is 6.42 Å². The summed E-state index contributed by atoms with van der Waals surface area (Å²) >= 11 is 0. The quantitative estimate of drug-likeness (QED) is 0.590. The van der Waals surface area contributed by atoms with Gasteiger partial charge in [0.05, 0.1) is 5.92 Å². The van der Waals surface area contributed by atoms with Gasteiger partial charge in [0.1, 0.15) is 6.23 Å². The third kappa shape index (κ3) is 5.92. The topological polar surface area (TPSA) is 84.9 Å². The zero-order valence-corrected chi connectivity index (χ0v) is 11.6. The van der Waals surface area contributed by atoms with Gasteiger partial charge >= 0.3 is 12.1 Å². The van der Waals surface area contributed by atoms with Crippen LogP contribution in [0.3, 0.4) is 0 Å². The lowest BCUT2D eigenvalue weighted by molar-refractivity contribution is -0.171. The molecule has 2 N–H and O–H groups in total. The second-order valence-corrected chi connectivity index (χ2v) is 4.81. The largest absolute Gasteiger partial charge is 0.425 e. The molecular formula is C13H23NO5. The molecule has 1 rings (SSSR count). The normalized spacial score (nSPS) is 19.3. The van der Waals surface area contributed by atoms with Crippen molar-refractivity contribution in [1.82, 2.24) is 5.32 Å². The van der Waals surface area contributed by atoms with Crippen LogP contribution < -0.4 is 5.32 Å². The van der Waals surface area contributed by atoms with E-state index in [2.05, 4.69) is 5.32 Å². The Morgan fingerprint density at radius 3 is 2.47 bits per heavy atom. The number of amides is 1. The summed E-state index contributed by atoms with van der Waals surface area (Å²) in [6, 6.07) is 0. The van der Waals surface area contributed by atoms with Gasteiger partial charge in [-0.3, -0.25) is 10.1 Å². The smallest absolute Gasteiger partial charge is 0.412 e. The molecule has 1 aliphatic rings. The van der Waals surface area contributed by atoms with Crippen molar-refractivity contribution in [3.63, 3.8) is 0 Å². The maximum atomic E-state index is 11.8. The van der Waals surface area contributed by atoms with Crippen molar-refractivity contribution in [3.05, 3.63) is 0 Å². The lowest BCUT2D eigenvalue weighted by atomic mass is 9.89. The summed E-state index contributed by atoms with van der Waals surface area (Å²) in [5.74, 6) is -0.389. The van der Waals surface area contributed by atoms with Crippen molar-refractivity contribution < 1.29 is 24.2 Å². The lowest BCUT2D eigenvalue weighted by Gasteiger charge is -2.22. The molecule has 0 heterocycles. The molecule has 0 bridgehead atoms. The Hall–Kier alpha value is -1.30. The van der Waals surface area contributed by atoms with Gasteiger partial charge in [-0.1, -0.05) is 26.2 Å². The van der Waals surface area contributed by atoms with Crippen molar-refractivity contribution in [2.24, 2.45) is 5.92 Å². The number of aliphatic hydroxyl groups excluding tert-OH is 1. The molecule has 1 fully saturated rings. The number of esters is 1. The monoisotopic (exact) mass is 273 g/mol. The van der Waals surface area contributed by atoms with E-state index in [-0.39, 0.29) is 11.9 Å². The molecule has 0 aromatic rings. The van der Waals surface area contributed by atoms with Crippen LogP contribution in [0.2, 0.25) is 0 Å². The molecule has 2 unspecified atom stereocenters. The molecule has 0 aliphatic heterocycles. The van der Waals surface area contributed by atoms with Crippen molar-refractivity contribution in [3.8, 4) is 0 Å². The van der Waals surface area contributed by atoms with Crippen LogP contribution in [0.5, 0.6) is 0 Å². The Morgan fingerprint density at radius 1 is 1.26 bits per heavy atom. The Morgan fingerprint density at radius 2 is 1.89 bits per heavy atom. The maximum absolute atomic E-state index is 11.8. The van der Waals surface area contributed by atoms with Gasteiger partial charge in [-0.2, -0.15) is 0 Å². The number of ether oxygens (including phenoxy) is 2. The molecule has 1 aliphatic carbocycles. The average Bonchev–Trinajstić information content (AvgIpc) is 2.39. The van der Waals surface area contributed by atoms with Crippen LogP contribution >= 0.6 is 0 Å². The summed E-state index contributed by atoms with van der Waals surface area (Å²) < 4.78 is 9.90. The molecule has 0 aromatic carbocycles. The fraction of sp³-hybridized carbons (Fsp3) is 0.846. The number of carbonyl (C=O) groups excluding carboxylic acids is 2. The molecule has 2 atom stereocenters. The third-order valence-corrected chi connectivity index (χ3v) is 3.16. The second-order valence-electron chi connectivity index (χ2n) is 4.81. The Labute approximate surface area is 113 Å². The van der Waals surface area contributed by atoms with Crippen LogP contribution in [0.15, 0.2) is 0 Å². The van der Waals surface area contributed by atoms with Gasteiger partial charge in [0.2, 0.25) is 6.29 Å². The molecular weight excluding hydrogens is 250 g/mol. The van der Waals surface area contributed by atoms with Gasteiger partial charge in [0.25, 0.3) is 0 Å². The van der Waals surface area contributed by atoms with Gasteiger partial charge in [0.15, 0.2) is 0 Å². The standard InChI is InChI=1S/C13H23NO5/c1-3-11(15)14-13(17)19-9(2)18-12(16)10-7-5-4-6-8-10/h9-11,15H,3-8H2,1-2H3,(H,14,17). The lowest BCUT2D eigenvalue weighted by Crippen LogP contribution is -2.37. The Kier molecular flexibility index (Phi) is 6.62. The van der Waals surface area contributed by atoms with Crippen molar-refractivity contribution in [2.75, 3.05) is 0 Å². The minimum absolute atomic E-state index is 0.0795. The minimum Gasteiger partial charge on any atom is -0.425 e. The van der Waals surface area contributed by atoms with E-state index in [4.69, 9.17) is 9.47 Å². The zero-order chi connectivity index (χ0) is 14.3. The number of rotatable bonds is 5. The Balaban J connectivity index is 2.27. The molecule has 6 nitrogen and oxygen atoms in total. The van der Waals surface area contributed by atoms with Crippen LogP contribution in [0.1, 0.15) is 52.4 Å². The van der Waals surface area contributed by atoms with E-state index < -0.39 is 18.6 Å². The molecule has 0 aromatic heterocycles. The van der Waals surface area contributed by atoms with Gasteiger partial charge in [-0.15, -0.1) is 0 Å². The van der Waals surface area contributed by atoms with Gasteiger partial charge in [-0.25, -0.2) is 4.79 Å². The predicted octanol–water partition coefficient (Wildman–Crippen LogP) is 1.91. The number of nitrogens with one attached hydrogen (secondary N) is 1. The van der Waals surface area contributed by atoms with Crippen LogP contribution in [0.4, 0.5) is 4.79 Å². The third-order valence-electron chi connectivity index (χ3n) is 3.16. The maximum Gasteiger partial charge on any atom is 0.412 e. The first-order valence-electron chi connectivity index (χ1n) is 6.88. The van der Waals surface area contributed by atoms with Gasteiger partial charge < -0.3 is 14.6 Å². The number of hydrogen-bond donors (Lipinski definition) is 2. The van der Waals surface area contributed by atoms with Crippen molar-refractivity contribution >= 4 is 12.1 Å². The average molecular weight is 273 g/mol. The minimum atomic E-state index is -0.950. The van der Waals surface area contributed by atoms with Crippen molar-refractivity contribution in [2.45, 2.75) is 64.9 Å². The van der Waals surface area contributed by atoms with Crippen LogP contribution in [-0.4, -0.2) is 29.7 Å². The van der Waals surface area contributed by atoms with E-state index in [1.807, 2.05) is 0 Å². The van der Waals surface area contributed by atoms with Gasteiger partial charge in [0, 0.05) is 6.92 Å². The summed E-state index contributed by atoms with van der Waals surface area (Å²) in [5, 5.41) is 11.4. The highest BCUT2D eigenvalue weighted by Crippen LogP contribution is 2.25. The molecule has 0 radical (unpaired) electrons. The highest BCUT2D eigenvalue weighted by molar-refractivity contribution is 5.73. The summed E-state index contributed by atoms with van der Waals surface area (Å²) in [6.07, 6.45) is 2.61. The summed E-state index contributed by atoms with van der Waals surface area (Å²) in [6.45, 7) is 3.20. The van der Waals surface area contributed by atoms with Crippen LogP contribution in [-0.2, 0) is 14.3 Å². The van der Waals surface area contributed by atoms with E-state index in [9.17, 15) is 14.7 Å². The second kappa shape index (κ2) is 7.99. The first kappa shape index (κ1) is 15.8. The fourth-order valence-corrected chi connectivity index (χ4v) is 2.05. The number of alkyl carbamates (subject to hydrolysis) is 1. The van der Waals surface area contributed by atoms with Crippen molar-refractivity contribution in [1.29, 1.82) is 0 Å². The first-order valence-corrected chi connectivity index (χ1v) is 6.88. The van der Waals surface area contributed by atoms with E-state index in [0.717, 1.165) is 32.1 Å². The predicted molar refractivity (Wildman–Crippen MR) is 68.0 cm³/mol. The molecule has 1 amide bonds. The Bertz CT molecular complexity index is 301. The summed E-state index contributed by atoms with van der Waals surface area (Å²) in [5.41, 5.74) is 0. The molecule has 0 spiro atoms. The molecule has 19 heavy (non-hydrogen) atoms. The number of carbonyl (C=O) groups is 2. The van der Waals surface area contributed by atoms with E-state index >= 15 is 0 Å². The summed E-state index contributed by atoms with van der Waals surface area (Å²) in [4.78, 5) is 23.1. The molecule has 6 heteroatoms.